The number of nitrogens with zero attached hydrogens (tertiary/aromatic N) is 5. The van der Waals surface area contributed by atoms with Gasteiger partial charge in [-0.05, 0) is 49.4 Å². The zero-order chi connectivity index (χ0) is 20.8. The molecule has 6 heteroatoms. The minimum absolute atomic E-state index is 0.569. The van der Waals surface area contributed by atoms with E-state index in [2.05, 4.69) is 49.8 Å². The quantitative estimate of drug-likeness (QED) is 0.480. The van der Waals surface area contributed by atoms with Gasteiger partial charge in [-0.3, -0.25) is 0 Å². The van der Waals surface area contributed by atoms with E-state index in [1.54, 1.807) is 6.33 Å². The molecule has 1 aliphatic heterocycles. The second kappa shape index (κ2) is 7.42. The normalized spacial score (nSPS) is 17.6. The third-order valence-electron chi connectivity index (χ3n) is 7.09. The van der Waals surface area contributed by atoms with Crippen LogP contribution in [0, 0.1) is 11.3 Å². The maximum Gasteiger partial charge on any atom is 0.104 e. The van der Waals surface area contributed by atoms with E-state index in [1.165, 1.54) is 50.5 Å². The SMILES string of the molecule is N#Cc1c(N2CCCC2)cc(-c2ccc3c(c2)ncn3C2CCCCC2)c2nc[nH]c12. The van der Waals surface area contributed by atoms with Gasteiger partial charge in [0.25, 0.3) is 0 Å². The van der Waals surface area contributed by atoms with Gasteiger partial charge < -0.3 is 14.5 Å². The van der Waals surface area contributed by atoms with Crippen molar-refractivity contribution in [1.82, 2.24) is 19.5 Å². The van der Waals surface area contributed by atoms with Crippen molar-refractivity contribution in [3.8, 4) is 17.2 Å². The standard InChI is InChI=1S/C25H26N6/c26-14-20-23(30-10-4-5-11-30)13-19(24-25(20)28-15-27-24)17-8-9-22-21(12-17)29-16-31(22)18-6-2-1-3-7-18/h8-9,12-13,15-16,18H,1-7,10-11H2,(H,27,28). The molecule has 156 valence electrons. The number of anilines is 1. The molecule has 0 atom stereocenters. The number of aromatic amines is 1. The summed E-state index contributed by atoms with van der Waals surface area (Å²) in [5.74, 6) is 0. The molecule has 1 saturated heterocycles. The smallest absolute Gasteiger partial charge is 0.104 e. The summed E-state index contributed by atoms with van der Waals surface area (Å²) in [6.45, 7) is 2.00. The molecule has 1 N–H and O–H groups in total. The second-order valence-corrected chi connectivity index (χ2v) is 8.90. The first kappa shape index (κ1) is 18.4. The lowest BCUT2D eigenvalue weighted by molar-refractivity contribution is 0.359. The van der Waals surface area contributed by atoms with Gasteiger partial charge in [-0.1, -0.05) is 25.3 Å². The Kier molecular flexibility index (Phi) is 4.41. The third kappa shape index (κ3) is 2.99. The van der Waals surface area contributed by atoms with Gasteiger partial charge in [0, 0.05) is 24.7 Å². The average Bonchev–Trinajstić information content (AvgIpc) is 3.58. The lowest BCUT2D eigenvalue weighted by Gasteiger charge is -2.23. The molecule has 1 saturated carbocycles. The number of hydrogen-bond acceptors (Lipinski definition) is 4. The molecule has 2 aromatic carbocycles. The molecule has 2 aliphatic rings. The Morgan fingerprint density at radius 3 is 2.65 bits per heavy atom. The fourth-order valence-electron chi connectivity index (χ4n) is 5.48. The third-order valence-corrected chi connectivity index (χ3v) is 7.09. The van der Waals surface area contributed by atoms with E-state index in [-0.39, 0.29) is 0 Å². The van der Waals surface area contributed by atoms with Gasteiger partial charge in [0.1, 0.15) is 11.6 Å². The fourth-order valence-corrected chi connectivity index (χ4v) is 5.48. The number of benzene rings is 2. The molecule has 31 heavy (non-hydrogen) atoms. The number of nitrogens with one attached hydrogen (secondary N) is 1. The van der Waals surface area contributed by atoms with Crippen LogP contribution in [0.1, 0.15) is 56.6 Å². The largest absolute Gasteiger partial charge is 0.370 e. The molecule has 3 heterocycles. The van der Waals surface area contributed by atoms with Gasteiger partial charge in [-0.15, -0.1) is 0 Å². The predicted molar refractivity (Wildman–Crippen MR) is 123 cm³/mol. The lowest BCUT2D eigenvalue weighted by Crippen LogP contribution is -2.19. The van der Waals surface area contributed by atoms with Gasteiger partial charge in [0.05, 0.1) is 40.4 Å². The first-order valence-corrected chi connectivity index (χ1v) is 11.5. The van der Waals surface area contributed by atoms with Crippen LogP contribution < -0.4 is 4.90 Å². The number of rotatable bonds is 3. The molecular weight excluding hydrogens is 384 g/mol. The Labute approximate surface area is 181 Å². The van der Waals surface area contributed by atoms with Crippen molar-refractivity contribution in [3.05, 3.63) is 42.5 Å². The maximum atomic E-state index is 9.89. The van der Waals surface area contributed by atoms with E-state index in [9.17, 15) is 5.26 Å². The summed E-state index contributed by atoms with van der Waals surface area (Å²) >= 11 is 0. The summed E-state index contributed by atoms with van der Waals surface area (Å²) in [5.41, 5.74) is 7.79. The van der Waals surface area contributed by atoms with Crippen molar-refractivity contribution in [2.45, 2.75) is 51.0 Å². The zero-order valence-electron chi connectivity index (χ0n) is 17.6. The summed E-state index contributed by atoms with van der Waals surface area (Å²) in [6, 6.07) is 11.7. The molecule has 0 amide bonds. The summed E-state index contributed by atoms with van der Waals surface area (Å²) in [6.07, 6.45) is 12.5. The van der Waals surface area contributed by atoms with Crippen LogP contribution in [0.5, 0.6) is 0 Å². The molecular formula is C25H26N6. The van der Waals surface area contributed by atoms with Crippen LogP contribution in [0.3, 0.4) is 0 Å². The molecule has 4 aromatic rings. The van der Waals surface area contributed by atoms with Crippen molar-refractivity contribution in [3.63, 3.8) is 0 Å². The lowest BCUT2D eigenvalue weighted by atomic mass is 9.95. The van der Waals surface area contributed by atoms with Gasteiger partial charge in [-0.2, -0.15) is 5.26 Å². The van der Waals surface area contributed by atoms with Gasteiger partial charge >= 0.3 is 0 Å². The summed E-state index contributed by atoms with van der Waals surface area (Å²) in [7, 11) is 0. The van der Waals surface area contributed by atoms with Crippen LogP contribution in [0.25, 0.3) is 33.2 Å². The zero-order valence-corrected chi connectivity index (χ0v) is 17.6. The topological polar surface area (TPSA) is 73.5 Å². The molecule has 1 aliphatic carbocycles. The first-order chi connectivity index (χ1) is 15.3. The van der Waals surface area contributed by atoms with E-state index in [4.69, 9.17) is 4.98 Å². The fraction of sp³-hybridized carbons (Fsp3) is 0.400. The predicted octanol–water partition coefficient (Wildman–Crippen LogP) is 5.56. The van der Waals surface area contributed by atoms with E-state index in [1.807, 2.05) is 6.33 Å². The van der Waals surface area contributed by atoms with Crippen LogP contribution >= 0.6 is 0 Å². The highest BCUT2D eigenvalue weighted by molar-refractivity contribution is 6.00. The summed E-state index contributed by atoms with van der Waals surface area (Å²) in [5, 5.41) is 9.89. The molecule has 2 fully saturated rings. The molecule has 0 bridgehead atoms. The first-order valence-electron chi connectivity index (χ1n) is 11.5. The minimum atomic E-state index is 0.569. The molecule has 0 spiro atoms. The maximum absolute atomic E-state index is 9.89. The highest BCUT2D eigenvalue weighted by Gasteiger charge is 2.22. The van der Waals surface area contributed by atoms with Crippen molar-refractivity contribution >= 4 is 27.8 Å². The summed E-state index contributed by atoms with van der Waals surface area (Å²) < 4.78 is 2.37. The molecule has 2 aromatic heterocycles. The van der Waals surface area contributed by atoms with Crippen molar-refractivity contribution in [2.24, 2.45) is 0 Å². The van der Waals surface area contributed by atoms with Gasteiger partial charge in [-0.25, -0.2) is 9.97 Å². The van der Waals surface area contributed by atoms with Crippen LogP contribution in [0.2, 0.25) is 0 Å². The van der Waals surface area contributed by atoms with Crippen LogP contribution in [0.15, 0.2) is 36.9 Å². The number of fused-ring (bicyclic) bond motifs is 2. The van der Waals surface area contributed by atoms with Crippen LogP contribution in [-0.4, -0.2) is 32.6 Å². The van der Waals surface area contributed by atoms with E-state index in [0.29, 0.717) is 11.6 Å². The minimum Gasteiger partial charge on any atom is -0.370 e. The number of imidazole rings is 2. The Hall–Kier alpha value is -3.33. The van der Waals surface area contributed by atoms with E-state index < -0.39 is 0 Å². The number of H-pyrrole nitrogens is 1. The van der Waals surface area contributed by atoms with Gasteiger partial charge in [0.15, 0.2) is 0 Å². The second-order valence-electron chi connectivity index (χ2n) is 8.90. The Morgan fingerprint density at radius 2 is 1.84 bits per heavy atom. The Morgan fingerprint density at radius 1 is 1.00 bits per heavy atom. The number of hydrogen-bond donors (Lipinski definition) is 1. The van der Waals surface area contributed by atoms with Crippen molar-refractivity contribution < 1.29 is 0 Å². The Bertz CT molecular complexity index is 1300. The van der Waals surface area contributed by atoms with E-state index >= 15 is 0 Å². The van der Waals surface area contributed by atoms with Crippen LogP contribution in [-0.2, 0) is 0 Å². The molecule has 0 unspecified atom stereocenters. The van der Waals surface area contributed by atoms with Gasteiger partial charge in [0.2, 0.25) is 0 Å². The van der Waals surface area contributed by atoms with E-state index in [0.717, 1.165) is 46.5 Å². The van der Waals surface area contributed by atoms with Crippen LogP contribution in [0.4, 0.5) is 5.69 Å². The highest BCUT2D eigenvalue weighted by Crippen LogP contribution is 2.38. The van der Waals surface area contributed by atoms with Crippen molar-refractivity contribution in [2.75, 3.05) is 18.0 Å². The highest BCUT2D eigenvalue weighted by atomic mass is 15.1. The number of aromatic nitrogens is 4. The summed E-state index contributed by atoms with van der Waals surface area (Å²) in [4.78, 5) is 14.9. The average molecular weight is 411 g/mol. The Balaban J connectivity index is 1.48. The van der Waals surface area contributed by atoms with Crippen molar-refractivity contribution in [1.29, 1.82) is 5.26 Å². The number of nitriles is 1. The molecule has 6 nitrogen and oxygen atoms in total. The monoisotopic (exact) mass is 410 g/mol. The molecule has 0 radical (unpaired) electrons. The molecule has 6 rings (SSSR count).